The van der Waals surface area contributed by atoms with Gasteiger partial charge in [-0.3, -0.25) is 4.57 Å². The van der Waals surface area contributed by atoms with Crippen molar-refractivity contribution in [3.8, 4) is 0 Å². The summed E-state index contributed by atoms with van der Waals surface area (Å²) in [6, 6.07) is 0.469. The van der Waals surface area contributed by atoms with Crippen LogP contribution in [0, 0.1) is 0 Å². The molecule has 1 aliphatic rings. The summed E-state index contributed by atoms with van der Waals surface area (Å²) in [6.45, 7) is 0. The summed E-state index contributed by atoms with van der Waals surface area (Å²) in [4.78, 5) is 22.7. The molecular formula is C11H15N5O. The first kappa shape index (κ1) is 10.3. The molecular weight excluding hydrogens is 218 g/mol. The first-order valence-electron chi connectivity index (χ1n) is 5.92. The highest BCUT2D eigenvalue weighted by Crippen LogP contribution is 2.23. The Bertz CT molecular complexity index is 593. The molecule has 0 spiro atoms. The van der Waals surface area contributed by atoms with Gasteiger partial charge < -0.3 is 10.3 Å². The Morgan fingerprint density at radius 3 is 2.94 bits per heavy atom. The fraction of sp³-hybridized carbons (Fsp3) is 0.545. The van der Waals surface area contributed by atoms with E-state index in [-0.39, 0.29) is 5.69 Å². The number of aryl methyl sites for hydroxylation is 1. The molecule has 0 aliphatic heterocycles. The number of H-pyrrole nitrogens is 1. The molecule has 0 amide bonds. The van der Waals surface area contributed by atoms with Gasteiger partial charge in [0.05, 0.1) is 0 Å². The predicted molar refractivity (Wildman–Crippen MR) is 65.0 cm³/mol. The van der Waals surface area contributed by atoms with Crippen LogP contribution in [0.2, 0.25) is 0 Å². The average molecular weight is 233 g/mol. The number of rotatable bonds is 2. The fourth-order valence-electron chi connectivity index (χ4n) is 2.41. The van der Waals surface area contributed by atoms with Crippen LogP contribution >= 0.6 is 0 Å². The van der Waals surface area contributed by atoms with Crippen LogP contribution in [0.4, 0.5) is 5.82 Å². The van der Waals surface area contributed by atoms with Crippen LogP contribution in [0.3, 0.4) is 0 Å². The lowest BCUT2D eigenvalue weighted by Gasteiger charge is -2.12. The summed E-state index contributed by atoms with van der Waals surface area (Å²) in [5.41, 5.74) is 1.19. The summed E-state index contributed by atoms with van der Waals surface area (Å²) in [5, 5.41) is 3.39. The van der Waals surface area contributed by atoms with Crippen molar-refractivity contribution in [2.24, 2.45) is 7.05 Å². The van der Waals surface area contributed by atoms with Gasteiger partial charge in [0, 0.05) is 13.1 Å². The third kappa shape index (κ3) is 1.69. The van der Waals surface area contributed by atoms with Gasteiger partial charge in [0.2, 0.25) is 0 Å². The first-order valence-corrected chi connectivity index (χ1v) is 5.92. The number of fused-ring (bicyclic) bond motifs is 1. The van der Waals surface area contributed by atoms with Crippen molar-refractivity contribution in [2.75, 3.05) is 5.32 Å². The third-order valence-electron chi connectivity index (χ3n) is 3.38. The average Bonchev–Trinajstić information content (AvgIpc) is 2.91. The lowest BCUT2D eigenvalue weighted by atomic mass is 10.2. The molecule has 90 valence electrons. The molecule has 1 saturated carbocycles. The van der Waals surface area contributed by atoms with E-state index in [4.69, 9.17) is 0 Å². The smallest absolute Gasteiger partial charge is 0.327 e. The van der Waals surface area contributed by atoms with E-state index in [1.165, 1.54) is 36.6 Å². The number of aromatic nitrogens is 4. The standard InChI is InChI=1S/C11H15N5O/c1-16-10-8(15-11(16)17)9(12-6-13-10)14-7-4-2-3-5-7/h6-7H,2-5H2,1H3,(H,15,17)(H,12,13,14). The highest BCUT2D eigenvalue weighted by molar-refractivity contribution is 5.82. The van der Waals surface area contributed by atoms with Crippen molar-refractivity contribution < 1.29 is 0 Å². The molecule has 0 unspecified atom stereocenters. The Hall–Kier alpha value is -1.85. The Balaban J connectivity index is 2.03. The van der Waals surface area contributed by atoms with Crippen LogP contribution in [0.25, 0.3) is 11.2 Å². The lowest BCUT2D eigenvalue weighted by molar-refractivity contribution is 0.751. The maximum atomic E-state index is 11.5. The topological polar surface area (TPSA) is 75.6 Å². The van der Waals surface area contributed by atoms with E-state index in [2.05, 4.69) is 20.3 Å². The maximum absolute atomic E-state index is 11.5. The third-order valence-corrected chi connectivity index (χ3v) is 3.38. The Morgan fingerprint density at radius 2 is 2.18 bits per heavy atom. The van der Waals surface area contributed by atoms with Crippen molar-refractivity contribution in [1.29, 1.82) is 0 Å². The zero-order valence-corrected chi connectivity index (χ0v) is 9.73. The van der Waals surface area contributed by atoms with Crippen molar-refractivity contribution in [3.63, 3.8) is 0 Å². The van der Waals surface area contributed by atoms with Crippen molar-refractivity contribution >= 4 is 17.0 Å². The van der Waals surface area contributed by atoms with E-state index in [9.17, 15) is 4.79 Å². The largest absolute Gasteiger partial charge is 0.365 e. The lowest BCUT2D eigenvalue weighted by Crippen LogP contribution is -2.16. The van der Waals surface area contributed by atoms with Crippen molar-refractivity contribution in [3.05, 3.63) is 16.8 Å². The van der Waals surface area contributed by atoms with Crippen LogP contribution in [0.15, 0.2) is 11.1 Å². The van der Waals surface area contributed by atoms with Gasteiger partial charge in [-0.15, -0.1) is 0 Å². The van der Waals surface area contributed by atoms with Crippen LogP contribution in [0.5, 0.6) is 0 Å². The molecule has 17 heavy (non-hydrogen) atoms. The Kier molecular flexibility index (Phi) is 2.35. The number of nitrogens with zero attached hydrogens (tertiary/aromatic N) is 3. The second kappa shape index (κ2) is 3.87. The fourth-order valence-corrected chi connectivity index (χ4v) is 2.41. The van der Waals surface area contributed by atoms with Crippen LogP contribution in [-0.4, -0.2) is 25.6 Å². The predicted octanol–water partition coefficient (Wildman–Crippen LogP) is 1.01. The second-order valence-electron chi connectivity index (χ2n) is 4.54. The van der Waals surface area contributed by atoms with Gasteiger partial charge in [0.25, 0.3) is 0 Å². The highest BCUT2D eigenvalue weighted by atomic mass is 16.1. The van der Waals surface area contributed by atoms with Crippen LogP contribution in [0.1, 0.15) is 25.7 Å². The molecule has 6 nitrogen and oxygen atoms in total. The van der Waals surface area contributed by atoms with E-state index < -0.39 is 0 Å². The molecule has 0 saturated heterocycles. The van der Waals surface area contributed by atoms with E-state index in [0.29, 0.717) is 17.2 Å². The SMILES string of the molecule is Cn1c(=O)[nH]c2c(NC3CCCC3)ncnc21. The Morgan fingerprint density at radius 1 is 1.41 bits per heavy atom. The first-order chi connectivity index (χ1) is 8.25. The van der Waals surface area contributed by atoms with Gasteiger partial charge in [-0.25, -0.2) is 14.8 Å². The van der Waals surface area contributed by atoms with E-state index >= 15 is 0 Å². The minimum absolute atomic E-state index is 0.157. The molecule has 6 heteroatoms. The molecule has 3 rings (SSSR count). The number of aromatic amines is 1. The minimum Gasteiger partial charge on any atom is -0.365 e. The van der Waals surface area contributed by atoms with Gasteiger partial charge in [0.15, 0.2) is 11.5 Å². The summed E-state index contributed by atoms with van der Waals surface area (Å²) in [6.07, 6.45) is 6.35. The molecule has 2 aromatic rings. The van der Waals surface area contributed by atoms with E-state index in [0.717, 1.165) is 5.82 Å². The molecule has 2 heterocycles. The molecule has 1 fully saturated rings. The van der Waals surface area contributed by atoms with Gasteiger partial charge in [0.1, 0.15) is 11.8 Å². The van der Waals surface area contributed by atoms with Gasteiger partial charge in [-0.1, -0.05) is 12.8 Å². The summed E-state index contributed by atoms with van der Waals surface area (Å²) in [5.74, 6) is 0.736. The van der Waals surface area contributed by atoms with Gasteiger partial charge in [-0.2, -0.15) is 0 Å². The monoisotopic (exact) mass is 233 g/mol. The quantitative estimate of drug-likeness (QED) is 0.811. The maximum Gasteiger partial charge on any atom is 0.327 e. The minimum atomic E-state index is -0.157. The molecule has 0 bridgehead atoms. The summed E-state index contributed by atoms with van der Waals surface area (Å²) >= 11 is 0. The number of anilines is 1. The highest BCUT2D eigenvalue weighted by Gasteiger charge is 2.17. The van der Waals surface area contributed by atoms with E-state index in [1.807, 2.05) is 0 Å². The van der Waals surface area contributed by atoms with Gasteiger partial charge in [-0.05, 0) is 12.8 Å². The molecule has 0 atom stereocenters. The van der Waals surface area contributed by atoms with E-state index in [1.54, 1.807) is 7.05 Å². The second-order valence-corrected chi connectivity index (χ2v) is 4.54. The summed E-state index contributed by atoms with van der Waals surface area (Å²) in [7, 11) is 1.70. The molecule has 0 aromatic carbocycles. The molecule has 1 aliphatic carbocycles. The van der Waals surface area contributed by atoms with Crippen LogP contribution in [-0.2, 0) is 7.05 Å². The number of nitrogens with one attached hydrogen (secondary N) is 2. The molecule has 2 N–H and O–H groups in total. The number of imidazole rings is 1. The molecule has 0 radical (unpaired) electrons. The number of hydrogen-bond acceptors (Lipinski definition) is 4. The zero-order valence-electron chi connectivity index (χ0n) is 9.73. The molecule has 2 aromatic heterocycles. The summed E-state index contributed by atoms with van der Waals surface area (Å²) < 4.78 is 1.50. The Labute approximate surface area is 98.1 Å². The van der Waals surface area contributed by atoms with Crippen molar-refractivity contribution in [2.45, 2.75) is 31.7 Å². The van der Waals surface area contributed by atoms with Crippen LogP contribution < -0.4 is 11.0 Å². The number of hydrogen-bond donors (Lipinski definition) is 2. The van der Waals surface area contributed by atoms with Gasteiger partial charge >= 0.3 is 5.69 Å². The zero-order chi connectivity index (χ0) is 11.8. The van der Waals surface area contributed by atoms with Crippen molar-refractivity contribution in [1.82, 2.24) is 19.5 Å². The normalized spacial score (nSPS) is 16.8.